The highest BCUT2D eigenvalue weighted by molar-refractivity contribution is 6.30. The van der Waals surface area contributed by atoms with Gasteiger partial charge in [-0.25, -0.2) is 4.68 Å². The lowest BCUT2D eigenvalue weighted by atomic mass is 10.3. The molecule has 14 heavy (non-hydrogen) atoms. The van der Waals surface area contributed by atoms with Crippen molar-refractivity contribution in [2.75, 3.05) is 0 Å². The Morgan fingerprint density at radius 1 is 1.36 bits per heavy atom. The van der Waals surface area contributed by atoms with Crippen molar-refractivity contribution in [3.05, 3.63) is 47.2 Å². The van der Waals surface area contributed by atoms with Gasteiger partial charge < -0.3 is 0 Å². The first-order valence-electron chi connectivity index (χ1n) is 4.06. The van der Waals surface area contributed by atoms with Crippen LogP contribution >= 0.6 is 11.6 Å². The van der Waals surface area contributed by atoms with Crippen LogP contribution in [0.3, 0.4) is 0 Å². The molecule has 4 heteroatoms. The average molecular weight is 207 g/mol. The van der Waals surface area contributed by atoms with E-state index in [0.717, 1.165) is 12.0 Å². The third-order valence-electron chi connectivity index (χ3n) is 1.85. The molecule has 0 N–H and O–H groups in total. The van der Waals surface area contributed by atoms with Gasteiger partial charge in [0, 0.05) is 5.02 Å². The molecule has 0 atom stereocenters. The van der Waals surface area contributed by atoms with Gasteiger partial charge in [0.25, 0.3) is 0 Å². The lowest BCUT2D eigenvalue weighted by Gasteiger charge is -2.02. The zero-order chi connectivity index (χ0) is 9.97. The van der Waals surface area contributed by atoms with Crippen molar-refractivity contribution >= 4 is 17.9 Å². The summed E-state index contributed by atoms with van der Waals surface area (Å²) < 4.78 is 1.54. The molecular weight excluding hydrogens is 200 g/mol. The second kappa shape index (κ2) is 3.64. The molecule has 2 aromatic rings. The molecule has 0 unspecified atom stereocenters. The number of aromatic nitrogens is 2. The molecule has 2 rings (SSSR count). The van der Waals surface area contributed by atoms with Crippen LogP contribution in [0.4, 0.5) is 0 Å². The van der Waals surface area contributed by atoms with E-state index in [0.29, 0.717) is 10.7 Å². The molecule has 0 saturated heterocycles. The Kier molecular flexibility index (Phi) is 2.33. The van der Waals surface area contributed by atoms with Gasteiger partial charge in [-0.05, 0) is 24.3 Å². The zero-order valence-corrected chi connectivity index (χ0v) is 7.98. The maximum Gasteiger partial charge on any atom is 0.168 e. The highest BCUT2D eigenvalue weighted by Crippen LogP contribution is 2.14. The second-order valence-electron chi connectivity index (χ2n) is 2.77. The first-order valence-corrected chi connectivity index (χ1v) is 4.44. The van der Waals surface area contributed by atoms with Crippen LogP contribution in [0.5, 0.6) is 0 Å². The number of benzene rings is 1. The maximum absolute atomic E-state index is 10.7. The Morgan fingerprint density at radius 3 is 2.93 bits per heavy atom. The van der Waals surface area contributed by atoms with Gasteiger partial charge in [0.2, 0.25) is 0 Å². The summed E-state index contributed by atoms with van der Waals surface area (Å²) in [5, 5.41) is 4.65. The quantitative estimate of drug-likeness (QED) is 0.707. The van der Waals surface area contributed by atoms with Crippen LogP contribution in [0.2, 0.25) is 5.02 Å². The number of rotatable bonds is 2. The number of aldehydes is 1. The molecule has 1 aromatic carbocycles. The fourth-order valence-corrected chi connectivity index (χ4v) is 1.41. The van der Waals surface area contributed by atoms with Crippen molar-refractivity contribution < 1.29 is 4.79 Å². The summed E-state index contributed by atoms with van der Waals surface area (Å²) in [7, 11) is 0. The minimum absolute atomic E-state index is 0.507. The van der Waals surface area contributed by atoms with Gasteiger partial charge in [-0.15, -0.1) is 0 Å². The monoisotopic (exact) mass is 206 g/mol. The van der Waals surface area contributed by atoms with E-state index in [4.69, 9.17) is 11.6 Å². The van der Waals surface area contributed by atoms with E-state index in [1.54, 1.807) is 29.1 Å². The normalized spacial score (nSPS) is 10.1. The molecule has 1 heterocycles. The van der Waals surface area contributed by atoms with E-state index in [9.17, 15) is 4.79 Å². The molecular formula is C10H7ClN2O. The predicted octanol–water partition coefficient (Wildman–Crippen LogP) is 2.34. The van der Waals surface area contributed by atoms with E-state index in [-0.39, 0.29) is 0 Å². The van der Waals surface area contributed by atoms with Gasteiger partial charge in [-0.2, -0.15) is 5.10 Å². The van der Waals surface area contributed by atoms with Crippen LogP contribution in [0.15, 0.2) is 36.5 Å². The Labute approximate surface area is 85.9 Å². The Morgan fingerprint density at radius 2 is 2.21 bits per heavy atom. The van der Waals surface area contributed by atoms with Gasteiger partial charge in [0.1, 0.15) is 5.69 Å². The fourth-order valence-electron chi connectivity index (χ4n) is 1.23. The van der Waals surface area contributed by atoms with Crippen LogP contribution < -0.4 is 0 Å². The minimum Gasteiger partial charge on any atom is -0.296 e. The molecule has 0 aliphatic carbocycles. The molecule has 0 bridgehead atoms. The second-order valence-corrected chi connectivity index (χ2v) is 3.20. The van der Waals surface area contributed by atoms with Crippen molar-refractivity contribution in [1.29, 1.82) is 0 Å². The molecule has 0 radical (unpaired) electrons. The van der Waals surface area contributed by atoms with Crippen LogP contribution in [-0.4, -0.2) is 16.1 Å². The fraction of sp³-hybridized carbons (Fsp3) is 0. The number of halogens is 1. The smallest absolute Gasteiger partial charge is 0.168 e. The number of hydrogen-bond donors (Lipinski definition) is 0. The average Bonchev–Trinajstić information content (AvgIpc) is 2.65. The lowest BCUT2D eigenvalue weighted by molar-refractivity contribution is 0.111. The van der Waals surface area contributed by atoms with Gasteiger partial charge in [0.15, 0.2) is 6.29 Å². The predicted molar refractivity (Wildman–Crippen MR) is 54.0 cm³/mol. The first-order chi connectivity index (χ1) is 6.81. The zero-order valence-electron chi connectivity index (χ0n) is 7.22. The SMILES string of the molecule is O=Cc1ccnn1-c1cccc(Cl)c1. The van der Waals surface area contributed by atoms with Gasteiger partial charge in [-0.3, -0.25) is 4.79 Å². The van der Waals surface area contributed by atoms with E-state index < -0.39 is 0 Å². The summed E-state index contributed by atoms with van der Waals surface area (Å²) in [6.07, 6.45) is 2.33. The van der Waals surface area contributed by atoms with Crippen molar-refractivity contribution in [3.63, 3.8) is 0 Å². The molecule has 0 amide bonds. The van der Waals surface area contributed by atoms with E-state index in [1.165, 1.54) is 0 Å². The number of carbonyl (C=O) groups excluding carboxylic acids is 1. The molecule has 0 fully saturated rings. The van der Waals surface area contributed by atoms with Gasteiger partial charge in [-0.1, -0.05) is 17.7 Å². The highest BCUT2D eigenvalue weighted by Gasteiger charge is 2.03. The molecule has 3 nitrogen and oxygen atoms in total. The van der Waals surface area contributed by atoms with E-state index >= 15 is 0 Å². The lowest BCUT2D eigenvalue weighted by Crippen LogP contribution is -2.00. The van der Waals surface area contributed by atoms with Crippen LogP contribution in [0, 0.1) is 0 Å². The first kappa shape index (κ1) is 8.97. The van der Waals surface area contributed by atoms with Crippen molar-refractivity contribution in [1.82, 2.24) is 9.78 Å². The highest BCUT2D eigenvalue weighted by atomic mass is 35.5. The van der Waals surface area contributed by atoms with E-state index in [2.05, 4.69) is 5.10 Å². The van der Waals surface area contributed by atoms with Gasteiger partial charge in [0.05, 0.1) is 11.9 Å². The number of carbonyl (C=O) groups is 1. The van der Waals surface area contributed by atoms with Crippen molar-refractivity contribution in [2.24, 2.45) is 0 Å². The Bertz CT molecular complexity index is 465. The molecule has 0 saturated carbocycles. The van der Waals surface area contributed by atoms with Crippen molar-refractivity contribution in [2.45, 2.75) is 0 Å². The van der Waals surface area contributed by atoms with E-state index in [1.807, 2.05) is 12.1 Å². The topological polar surface area (TPSA) is 34.9 Å². The summed E-state index contributed by atoms with van der Waals surface area (Å²) in [6.45, 7) is 0. The molecule has 0 aliphatic rings. The van der Waals surface area contributed by atoms with Crippen LogP contribution in [-0.2, 0) is 0 Å². The van der Waals surface area contributed by atoms with Crippen LogP contribution in [0.1, 0.15) is 10.5 Å². The largest absolute Gasteiger partial charge is 0.296 e. The summed E-state index contributed by atoms with van der Waals surface area (Å²) in [6, 6.07) is 8.82. The molecule has 1 aromatic heterocycles. The number of nitrogens with zero attached hydrogens (tertiary/aromatic N) is 2. The molecule has 0 aliphatic heterocycles. The summed E-state index contributed by atoms with van der Waals surface area (Å²) in [5.74, 6) is 0. The number of hydrogen-bond acceptors (Lipinski definition) is 2. The third kappa shape index (κ3) is 1.54. The third-order valence-corrected chi connectivity index (χ3v) is 2.08. The van der Waals surface area contributed by atoms with Crippen LogP contribution in [0.25, 0.3) is 5.69 Å². The summed E-state index contributed by atoms with van der Waals surface area (Å²) in [5.41, 5.74) is 1.29. The maximum atomic E-state index is 10.7. The molecule has 70 valence electrons. The Balaban J connectivity index is 2.54. The summed E-state index contributed by atoms with van der Waals surface area (Å²) in [4.78, 5) is 10.7. The standard InChI is InChI=1S/C10H7ClN2O/c11-8-2-1-3-9(6-8)13-10(7-14)4-5-12-13/h1-7H. The summed E-state index contributed by atoms with van der Waals surface area (Å²) >= 11 is 5.83. The minimum atomic E-state index is 0.507. The Hall–Kier alpha value is -1.61. The van der Waals surface area contributed by atoms with Gasteiger partial charge >= 0.3 is 0 Å². The molecule has 0 spiro atoms. The van der Waals surface area contributed by atoms with Crippen molar-refractivity contribution in [3.8, 4) is 5.69 Å².